The van der Waals surface area contributed by atoms with Gasteiger partial charge >= 0.3 is 5.97 Å². The van der Waals surface area contributed by atoms with Crippen LogP contribution in [0.5, 0.6) is 0 Å². The molecule has 0 radical (unpaired) electrons. The summed E-state index contributed by atoms with van der Waals surface area (Å²) in [5, 5.41) is 9.97. The lowest BCUT2D eigenvalue weighted by molar-refractivity contribution is -0.154. The smallest absolute Gasteiger partial charge is 0.338 e. The van der Waals surface area contributed by atoms with Gasteiger partial charge in [-0.25, -0.2) is 4.79 Å². The Morgan fingerprint density at radius 3 is 2.68 bits per heavy atom. The summed E-state index contributed by atoms with van der Waals surface area (Å²) in [7, 11) is 0. The van der Waals surface area contributed by atoms with Crippen molar-refractivity contribution < 1.29 is 19.4 Å². The fourth-order valence-electron chi connectivity index (χ4n) is 5.46. The highest BCUT2D eigenvalue weighted by atomic mass is 16.6. The molecule has 3 aliphatic rings. The molecule has 4 heteroatoms. The molecule has 1 saturated heterocycles. The van der Waals surface area contributed by atoms with Crippen molar-refractivity contribution in [2.75, 3.05) is 0 Å². The first-order chi connectivity index (χ1) is 10.2. The van der Waals surface area contributed by atoms with Gasteiger partial charge in [0.25, 0.3) is 0 Å². The normalized spacial score (nSPS) is 46.5. The van der Waals surface area contributed by atoms with Gasteiger partial charge in [-0.1, -0.05) is 13.8 Å². The molecule has 0 amide bonds. The van der Waals surface area contributed by atoms with Gasteiger partial charge in [0.05, 0.1) is 0 Å². The minimum Gasteiger partial charge on any atom is -0.460 e. The van der Waals surface area contributed by atoms with Crippen molar-refractivity contribution in [3.8, 4) is 0 Å². The second-order valence-corrected chi connectivity index (χ2v) is 8.28. The lowest BCUT2D eigenvalue weighted by Crippen LogP contribution is -2.39. The maximum atomic E-state index is 12.2. The number of carbonyl (C=O) groups is 2. The van der Waals surface area contributed by atoms with Crippen molar-refractivity contribution in [3.63, 3.8) is 0 Å². The number of ether oxygens (including phenoxy) is 1. The van der Waals surface area contributed by atoms with E-state index in [0.29, 0.717) is 24.0 Å². The van der Waals surface area contributed by atoms with Crippen molar-refractivity contribution >= 4 is 11.8 Å². The van der Waals surface area contributed by atoms with E-state index in [9.17, 15) is 14.7 Å². The number of rotatable bonds is 3. The zero-order valence-corrected chi connectivity index (χ0v) is 13.9. The lowest BCUT2D eigenvalue weighted by atomic mass is 9.62. The van der Waals surface area contributed by atoms with Crippen LogP contribution in [0.15, 0.2) is 0 Å². The Morgan fingerprint density at radius 2 is 2.05 bits per heavy atom. The molecular formula is C18H28O4. The van der Waals surface area contributed by atoms with Crippen LogP contribution in [0, 0.1) is 23.2 Å². The zero-order valence-electron chi connectivity index (χ0n) is 13.9. The van der Waals surface area contributed by atoms with Gasteiger partial charge in [-0.3, -0.25) is 4.79 Å². The first-order valence-corrected chi connectivity index (χ1v) is 8.70. The molecular weight excluding hydrogens is 280 g/mol. The number of carbonyl (C=O) groups excluding carboxylic acids is 2. The maximum Gasteiger partial charge on any atom is 0.338 e. The van der Waals surface area contributed by atoms with E-state index in [4.69, 9.17) is 4.74 Å². The third-order valence-corrected chi connectivity index (χ3v) is 6.60. The zero-order chi connectivity index (χ0) is 16.1. The summed E-state index contributed by atoms with van der Waals surface area (Å²) >= 11 is 0. The second-order valence-electron chi connectivity index (χ2n) is 8.28. The largest absolute Gasteiger partial charge is 0.460 e. The first-order valence-electron chi connectivity index (χ1n) is 8.70. The van der Waals surface area contributed by atoms with Gasteiger partial charge in [0.1, 0.15) is 11.9 Å². The Labute approximate surface area is 132 Å². The van der Waals surface area contributed by atoms with Crippen LogP contribution in [-0.4, -0.2) is 28.6 Å². The van der Waals surface area contributed by atoms with Crippen molar-refractivity contribution in [2.24, 2.45) is 23.2 Å². The van der Waals surface area contributed by atoms with Gasteiger partial charge in [-0.15, -0.1) is 0 Å². The molecule has 6 atom stereocenters. The number of Topliss-reactive ketones (excluding diaryl/α,β-unsaturated/α-hetero) is 1. The van der Waals surface area contributed by atoms with Gasteiger partial charge in [-0.05, 0) is 56.3 Å². The summed E-state index contributed by atoms with van der Waals surface area (Å²) in [4.78, 5) is 23.8. The molecule has 1 aliphatic heterocycles. The van der Waals surface area contributed by atoms with Crippen molar-refractivity contribution in [3.05, 3.63) is 0 Å². The monoisotopic (exact) mass is 308 g/mol. The Bertz CT molecular complexity index is 483. The quantitative estimate of drug-likeness (QED) is 0.814. The van der Waals surface area contributed by atoms with Crippen LogP contribution in [0.2, 0.25) is 0 Å². The summed E-state index contributed by atoms with van der Waals surface area (Å²) in [6, 6.07) is 0. The van der Waals surface area contributed by atoms with Crippen molar-refractivity contribution in [1.82, 2.24) is 0 Å². The molecule has 1 heterocycles. The summed E-state index contributed by atoms with van der Waals surface area (Å²) in [6.45, 7) is 6.05. The van der Waals surface area contributed by atoms with E-state index in [1.165, 1.54) is 6.92 Å². The van der Waals surface area contributed by atoms with Crippen LogP contribution in [0.3, 0.4) is 0 Å². The van der Waals surface area contributed by atoms with Crippen LogP contribution in [0.1, 0.15) is 65.7 Å². The third-order valence-electron chi connectivity index (χ3n) is 6.60. The molecule has 22 heavy (non-hydrogen) atoms. The van der Waals surface area contributed by atoms with Crippen molar-refractivity contribution in [1.29, 1.82) is 0 Å². The first kappa shape index (κ1) is 16.0. The maximum absolute atomic E-state index is 12.2. The van der Waals surface area contributed by atoms with E-state index < -0.39 is 11.6 Å². The molecule has 0 aromatic rings. The molecule has 0 aromatic carbocycles. The predicted octanol–water partition coefficient (Wildman–Crippen LogP) is 2.86. The number of hydrogen-bond donors (Lipinski definition) is 1. The molecule has 2 aliphatic carbocycles. The van der Waals surface area contributed by atoms with Crippen LogP contribution in [-0.2, 0) is 14.3 Å². The number of hydrogen-bond acceptors (Lipinski definition) is 4. The standard InChI is InChI=1S/C18H28O4/c1-11(9-12-10-18(3,21)16(20)22-12)13-6-7-14-15(19)5-4-8-17(13,14)2/h11-14,21H,4-10H2,1-3H3/t11?,12-,13-,14+,17-,18+/m0/s1. The van der Waals surface area contributed by atoms with Crippen molar-refractivity contribution in [2.45, 2.75) is 77.4 Å². The SMILES string of the molecule is CC(C[C@H]1C[C@@](C)(O)C(=O)O1)[C@@H]1CC[C@@H]2C(=O)CCC[C@]21C. The Balaban J connectivity index is 1.67. The number of fused-ring (bicyclic) bond motifs is 1. The number of cyclic esters (lactones) is 1. The number of aliphatic hydroxyl groups is 1. The van der Waals surface area contributed by atoms with Crippen LogP contribution < -0.4 is 0 Å². The summed E-state index contributed by atoms with van der Waals surface area (Å²) in [5.74, 6) is 1.13. The van der Waals surface area contributed by atoms with Gasteiger partial charge < -0.3 is 9.84 Å². The van der Waals surface area contributed by atoms with E-state index in [-0.39, 0.29) is 17.4 Å². The highest BCUT2D eigenvalue weighted by Crippen LogP contribution is 2.57. The summed E-state index contributed by atoms with van der Waals surface area (Å²) in [6.07, 6.45) is 6.04. The molecule has 3 rings (SSSR count). The summed E-state index contributed by atoms with van der Waals surface area (Å²) < 4.78 is 5.34. The molecule has 4 nitrogen and oxygen atoms in total. The van der Waals surface area contributed by atoms with E-state index in [1.807, 2.05) is 0 Å². The predicted molar refractivity (Wildman–Crippen MR) is 82.1 cm³/mol. The van der Waals surface area contributed by atoms with Gasteiger partial charge in [0, 0.05) is 18.8 Å². The third kappa shape index (κ3) is 2.49. The van der Waals surface area contributed by atoms with Crippen LogP contribution in [0.25, 0.3) is 0 Å². The Kier molecular flexibility index (Phi) is 3.87. The van der Waals surface area contributed by atoms with E-state index in [1.54, 1.807) is 0 Å². The van der Waals surface area contributed by atoms with E-state index in [2.05, 4.69) is 13.8 Å². The molecule has 1 unspecified atom stereocenters. The molecule has 0 spiro atoms. The second kappa shape index (κ2) is 5.33. The minimum absolute atomic E-state index is 0.125. The van der Waals surface area contributed by atoms with E-state index >= 15 is 0 Å². The van der Waals surface area contributed by atoms with Crippen LogP contribution >= 0.6 is 0 Å². The topological polar surface area (TPSA) is 63.6 Å². The average Bonchev–Trinajstić information content (AvgIpc) is 2.87. The van der Waals surface area contributed by atoms with Crippen LogP contribution in [0.4, 0.5) is 0 Å². The molecule has 124 valence electrons. The fraction of sp³-hybridized carbons (Fsp3) is 0.889. The van der Waals surface area contributed by atoms with E-state index in [0.717, 1.165) is 38.5 Å². The molecule has 3 fully saturated rings. The Hall–Kier alpha value is -0.900. The minimum atomic E-state index is -1.33. The number of esters is 1. The lowest BCUT2D eigenvalue weighted by Gasteiger charge is -2.42. The molecule has 0 bridgehead atoms. The number of ketones is 1. The molecule has 2 saturated carbocycles. The average molecular weight is 308 g/mol. The molecule has 1 N–H and O–H groups in total. The van der Waals surface area contributed by atoms with Gasteiger partial charge in [0.15, 0.2) is 5.60 Å². The highest BCUT2D eigenvalue weighted by Gasteiger charge is 2.53. The fourth-order valence-corrected chi connectivity index (χ4v) is 5.46. The van der Waals surface area contributed by atoms with Gasteiger partial charge in [-0.2, -0.15) is 0 Å². The Morgan fingerprint density at radius 1 is 1.32 bits per heavy atom. The highest BCUT2D eigenvalue weighted by molar-refractivity contribution is 5.83. The van der Waals surface area contributed by atoms with Gasteiger partial charge in [0.2, 0.25) is 0 Å². The molecule has 0 aromatic heterocycles. The summed E-state index contributed by atoms with van der Waals surface area (Å²) in [5.41, 5.74) is -1.20.